The average Bonchev–Trinajstić information content (AvgIpc) is 3.03. The number of sulfonamides is 1. The minimum absolute atomic E-state index is 0.0556. The van der Waals surface area contributed by atoms with E-state index in [2.05, 4.69) is 9.98 Å². The fraction of sp³-hybridized carbons (Fsp3) is 0.412. The molecule has 0 aromatic carbocycles. The van der Waals surface area contributed by atoms with Crippen LogP contribution in [-0.4, -0.2) is 49.2 Å². The summed E-state index contributed by atoms with van der Waals surface area (Å²) < 4.78 is 32.8. The number of nitrogens with zero attached hydrogens (tertiary/aromatic N) is 3. The fourth-order valence-electron chi connectivity index (χ4n) is 3.60. The summed E-state index contributed by atoms with van der Waals surface area (Å²) >= 11 is 7.99. The van der Waals surface area contributed by atoms with Crippen LogP contribution >= 0.6 is 22.9 Å². The molecule has 4 rings (SSSR count). The third-order valence-corrected chi connectivity index (χ3v) is 9.05. The average molecular weight is 427 g/mol. The van der Waals surface area contributed by atoms with Crippen LogP contribution in [0.25, 0.3) is 10.4 Å². The van der Waals surface area contributed by atoms with Crippen molar-refractivity contribution in [2.45, 2.75) is 24.1 Å². The van der Waals surface area contributed by atoms with Gasteiger partial charge in [0, 0.05) is 36.5 Å². The molecule has 0 spiro atoms. The van der Waals surface area contributed by atoms with Gasteiger partial charge in [-0.25, -0.2) is 17.7 Å². The van der Waals surface area contributed by atoms with E-state index in [4.69, 9.17) is 22.1 Å². The van der Waals surface area contributed by atoms with Crippen LogP contribution in [0.15, 0.2) is 29.5 Å². The molecule has 2 aromatic rings. The predicted octanol–water partition coefficient (Wildman–Crippen LogP) is 2.35. The summed E-state index contributed by atoms with van der Waals surface area (Å²) in [4.78, 5) is 10.4. The number of nitrogens with two attached hydrogens (primary N) is 1. The molecule has 2 aliphatic heterocycles. The van der Waals surface area contributed by atoms with E-state index in [1.54, 1.807) is 12.4 Å². The molecular formula is C17H19ClN4O3S2. The number of thiophene rings is 1. The number of hydrogen-bond acceptors (Lipinski definition) is 7. The summed E-state index contributed by atoms with van der Waals surface area (Å²) in [5.41, 5.74) is 6.78. The Balaban J connectivity index is 1.91. The van der Waals surface area contributed by atoms with E-state index < -0.39 is 20.8 Å². The molecule has 2 aliphatic rings. The summed E-state index contributed by atoms with van der Waals surface area (Å²) in [5, 5.41) is -0.306. The maximum Gasteiger partial charge on any atom is 0.243 e. The van der Waals surface area contributed by atoms with Crippen molar-refractivity contribution in [1.82, 2.24) is 9.29 Å². The van der Waals surface area contributed by atoms with Crippen LogP contribution in [0.1, 0.15) is 16.9 Å². The molecule has 0 bridgehead atoms. The number of aliphatic imine (C=N–C) groups is 1. The van der Waals surface area contributed by atoms with Crippen molar-refractivity contribution in [3.8, 4) is 10.4 Å². The van der Waals surface area contributed by atoms with Crippen molar-refractivity contribution >= 4 is 38.9 Å². The van der Waals surface area contributed by atoms with Crippen LogP contribution in [0.2, 0.25) is 5.02 Å². The first-order chi connectivity index (χ1) is 12.8. The van der Waals surface area contributed by atoms with Crippen molar-refractivity contribution in [2.24, 2.45) is 10.7 Å². The largest absolute Gasteiger partial charge is 0.378 e. The highest BCUT2D eigenvalue weighted by molar-refractivity contribution is 7.90. The Labute approximate surface area is 166 Å². The van der Waals surface area contributed by atoms with Crippen molar-refractivity contribution in [3.63, 3.8) is 0 Å². The highest BCUT2D eigenvalue weighted by Gasteiger charge is 2.56. The van der Waals surface area contributed by atoms with Crippen LogP contribution in [-0.2, 0) is 20.3 Å². The van der Waals surface area contributed by atoms with Gasteiger partial charge in [-0.15, -0.1) is 11.3 Å². The van der Waals surface area contributed by atoms with Crippen LogP contribution < -0.4 is 5.73 Å². The van der Waals surface area contributed by atoms with Gasteiger partial charge in [0.05, 0.1) is 16.5 Å². The Hall–Kier alpha value is -1.68. The Morgan fingerprint density at radius 1 is 1.41 bits per heavy atom. The van der Waals surface area contributed by atoms with Crippen LogP contribution in [0, 0.1) is 6.92 Å². The van der Waals surface area contributed by atoms with Gasteiger partial charge in [0.2, 0.25) is 16.0 Å². The monoisotopic (exact) mass is 426 g/mol. The lowest BCUT2D eigenvalue weighted by atomic mass is 9.90. The molecule has 0 saturated carbocycles. The molecule has 1 fully saturated rings. The molecule has 1 saturated heterocycles. The smallest absolute Gasteiger partial charge is 0.243 e. The second kappa shape index (κ2) is 6.44. The van der Waals surface area contributed by atoms with E-state index in [-0.39, 0.29) is 12.6 Å². The predicted molar refractivity (Wildman–Crippen MR) is 107 cm³/mol. The molecule has 144 valence electrons. The SMILES string of the molecule is Cc1cncc(-c2cc(Cl)c([C@]34COCCC3S(=O)(=O)N(C)C(N)=N4)s2)c1. The number of halogens is 1. The lowest BCUT2D eigenvalue weighted by Gasteiger charge is -2.45. The van der Waals surface area contributed by atoms with Crippen molar-refractivity contribution < 1.29 is 13.2 Å². The van der Waals surface area contributed by atoms with Gasteiger partial charge in [0.25, 0.3) is 0 Å². The van der Waals surface area contributed by atoms with Gasteiger partial charge in [-0.1, -0.05) is 11.6 Å². The van der Waals surface area contributed by atoms with E-state index in [0.717, 1.165) is 20.3 Å². The highest BCUT2D eigenvalue weighted by Crippen LogP contribution is 2.49. The molecule has 2 N–H and O–H groups in total. The second-order valence-electron chi connectivity index (χ2n) is 6.78. The first-order valence-electron chi connectivity index (χ1n) is 8.38. The number of fused-ring (bicyclic) bond motifs is 1. The first-order valence-corrected chi connectivity index (χ1v) is 11.1. The van der Waals surface area contributed by atoms with Gasteiger partial charge in [-0.05, 0) is 31.0 Å². The molecule has 4 heterocycles. The van der Waals surface area contributed by atoms with E-state index in [9.17, 15) is 8.42 Å². The van der Waals surface area contributed by atoms with Gasteiger partial charge in [0.1, 0.15) is 10.8 Å². The number of aryl methyl sites for hydroxylation is 1. The maximum atomic E-state index is 13.0. The summed E-state index contributed by atoms with van der Waals surface area (Å²) in [5.74, 6) is -0.0556. The zero-order valence-electron chi connectivity index (χ0n) is 14.8. The van der Waals surface area contributed by atoms with E-state index in [1.807, 2.05) is 19.1 Å². The molecular weight excluding hydrogens is 408 g/mol. The van der Waals surface area contributed by atoms with Gasteiger partial charge in [-0.2, -0.15) is 0 Å². The summed E-state index contributed by atoms with van der Waals surface area (Å²) in [6.07, 6.45) is 3.87. The molecule has 1 unspecified atom stereocenters. The second-order valence-corrected chi connectivity index (χ2v) is 10.4. The van der Waals surface area contributed by atoms with Crippen molar-refractivity contribution in [1.29, 1.82) is 0 Å². The van der Waals surface area contributed by atoms with Crippen LogP contribution in [0.3, 0.4) is 0 Å². The Bertz CT molecular complexity index is 1040. The topological polar surface area (TPSA) is 97.9 Å². The molecule has 10 heteroatoms. The molecule has 7 nitrogen and oxygen atoms in total. The number of pyridine rings is 1. The molecule has 2 aromatic heterocycles. The number of hydrogen-bond donors (Lipinski definition) is 1. The Morgan fingerprint density at radius 3 is 2.93 bits per heavy atom. The number of ether oxygens (including phenoxy) is 1. The molecule has 2 atom stereocenters. The third kappa shape index (κ3) is 2.84. The van der Waals surface area contributed by atoms with Gasteiger partial charge in [0.15, 0.2) is 0 Å². The third-order valence-electron chi connectivity index (χ3n) is 5.00. The van der Waals surface area contributed by atoms with Crippen molar-refractivity contribution in [2.75, 3.05) is 20.3 Å². The van der Waals surface area contributed by atoms with E-state index >= 15 is 0 Å². The molecule has 27 heavy (non-hydrogen) atoms. The summed E-state index contributed by atoms with van der Waals surface area (Å²) in [7, 11) is -2.24. The van der Waals surface area contributed by atoms with Gasteiger partial charge >= 0.3 is 0 Å². The number of rotatable bonds is 2. The quantitative estimate of drug-likeness (QED) is 0.794. The lowest BCUT2D eigenvalue weighted by Crippen LogP contribution is -2.60. The summed E-state index contributed by atoms with van der Waals surface area (Å²) in [6, 6.07) is 3.84. The molecule has 0 aliphatic carbocycles. The van der Waals surface area contributed by atoms with E-state index in [0.29, 0.717) is 22.9 Å². The van der Waals surface area contributed by atoms with Crippen LogP contribution in [0.4, 0.5) is 0 Å². The van der Waals surface area contributed by atoms with E-state index in [1.165, 1.54) is 18.4 Å². The normalized spacial score (nSPS) is 27.1. The zero-order valence-corrected chi connectivity index (χ0v) is 17.2. The minimum Gasteiger partial charge on any atom is -0.378 e. The highest BCUT2D eigenvalue weighted by atomic mass is 35.5. The lowest BCUT2D eigenvalue weighted by molar-refractivity contribution is 0.0390. The number of aromatic nitrogens is 1. The fourth-order valence-corrected chi connectivity index (χ4v) is 7.15. The summed E-state index contributed by atoms with van der Waals surface area (Å²) in [6.45, 7) is 2.44. The van der Waals surface area contributed by atoms with Crippen molar-refractivity contribution in [3.05, 3.63) is 40.0 Å². The standard InChI is InChI=1S/C17H19ClN4O3S2/c1-10-5-11(8-20-7-10)13-6-12(18)15(26-13)17-9-25-4-3-14(17)27(23,24)22(2)16(19)21-17/h5-8,14H,3-4,9H2,1-2H3,(H2,19,21)/t14?,17-/m0/s1. The van der Waals surface area contributed by atoms with Gasteiger partial charge in [-0.3, -0.25) is 4.98 Å². The Morgan fingerprint density at radius 2 is 2.19 bits per heavy atom. The zero-order chi connectivity index (χ0) is 19.4. The van der Waals surface area contributed by atoms with Crippen LogP contribution in [0.5, 0.6) is 0 Å². The minimum atomic E-state index is -3.66. The first kappa shape index (κ1) is 18.7. The number of guanidine groups is 1. The molecule has 0 radical (unpaired) electrons. The molecule has 0 amide bonds. The maximum absolute atomic E-state index is 13.0. The van der Waals surface area contributed by atoms with Gasteiger partial charge < -0.3 is 10.5 Å². The Kier molecular flexibility index (Phi) is 4.45.